The number of rotatable bonds is 2. The van der Waals surface area contributed by atoms with Crippen LogP contribution in [-0.2, 0) is 0 Å². The molecular weight excluding hydrogens is 263 g/mol. The van der Waals surface area contributed by atoms with Crippen LogP contribution >= 0.6 is 39.1 Å². The van der Waals surface area contributed by atoms with Crippen LogP contribution in [0, 0.1) is 0 Å². The van der Waals surface area contributed by atoms with Crippen molar-refractivity contribution in [3.05, 3.63) is 33.3 Å². The first-order valence-corrected chi connectivity index (χ1v) is 4.90. The molecule has 1 nitrogen and oxygen atoms in total. The van der Waals surface area contributed by atoms with Gasteiger partial charge >= 0.3 is 0 Å². The zero-order valence-corrected chi connectivity index (χ0v) is 9.08. The van der Waals surface area contributed by atoms with E-state index in [4.69, 9.17) is 23.2 Å². The lowest BCUT2D eigenvalue weighted by Gasteiger charge is -2.01. The second-order valence-electron chi connectivity index (χ2n) is 2.16. The van der Waals surface area contributed by atoms with Crippen molar-refractivity contribution in [2.75, 3.05) is 5.88 Å². The number of alkyl halides is 1. The van der Waals surface area contributed by atoms with E-state index in [2.05, 4.69) is 15.9 Å². The standard InChI is InChI=1S/C8H5BrCl2O/c9-8-5(7(12)4-10)2-1-3-6(8)11/h1-3H,4H2. The summed E-state index contributed by atoms with van der Waals surface area (Å²) in [6, 6.07) is 5.10. The molecule has 0 radical (unpaired) electrons. The summed E-state index contributed by atoms with van der Waals surface area (Å²) in [7, 11) is 0. The molecule has 12 heavy (non-hydrogen) atoms. The van der Waals surface area contributed by atoms with Crippen molar-refractivity contribution >= 4 is 44.9 Å². The van der Waals surface area contributed by atoms with Gasteiger partial charge in [0.1, 0.15) is 0 Å². The zero-order chi connectivity index (χ0) is 9.14. The first-order valence-electron chi connectivity index (χ1n) is 3.20. The second-order valence-corrected chi connectivity index (χ2v) is 3.63. The Balaban J connectivity index is 3.16. The van der Waals surface area contributed by atoms with Crippen LogP contribution in [0.5, 0.6) is 0 Å². The first kappa shape index (κ1) is 10.0. The Labute approximate surface area is 88.8 Å². The fraction of sp³-hybridized carbons (Fsp3) is 0.125. The van der Waals surface area contributed by atoms with E-state index in [9.17, 15) is 4.79 Å². The van der Waals surface area contributed by atoms with Crippen LogP contribution in [0.2, 0.25) is 5.02 Å². The van der Waals surface area contributed by atoms with Gasteiger partial charge in [-0.05, 0) is 22.0 Å². The molecule has 1 aromatic carbocycles. The van der Waals surface area contributed by atoms with E-state index in [-0.39, 0.29) is 11.7 Å². The number of hydrogen-bond donors (Lipinski definition) is 0. The van der Waals surface area contributed by atoms with Crippen LogP contribution in [0.4, 0.5) is 0 Å². The van der Waals surface area contributed by atoms with Crippen LogP contribution in [0.3, 0.4) is 0 Å². The Bertz CT molecular complexity index is 312. The highest BCUT2D eigenvalue weighted by molar-refractivity contribution is 9.10. The number of ketones is 1. The summed E-state index contributed by atoms with van der Waals surface area (Å²) >= 11 is 14.4. The van der Waals surface area contributed by atoms with E-state index >= 15 is 0 Å². The summed E-state index contributed by atoms with van der Waals surface area (Å²) in [4.78, 5) is 11.2. The third-order valence-corrected chi connectivity index (χ3v) is 3.01. The number of carbonyl (C=O) groups excluding carboxylic acids is 1. The van der Waals surface area contributed by atoms with Crippen molar-refractivity contribution < 1.29 is 4.79 Å². The van der Waals surface area contributed by atoms with Gasteiger partial charge in [-0.1, -0.05) is 23.7 Å². The highest BCUT2D eigenvalue weighted by Gasteiger charge is 2.10. The predicted molar refractivity (Wildman–Crippen MR) is 54.2 cm³/mol. The molecule has 1 rings (SSSR count). The quantitative estimate of drug-likeness (QED) is 0.592. The van der Waals surface area contributed by atoms with E-state index in [0.717, 1.165) is 0 Å². The molecule has 0 aromatic heterocycles. The average molecular weight is 268 g/mol. The van der Waals surface area contributed by atoms with Gasteiger partial charge in [0, 0.05) is 10.0 Å². The van der Waals surface area contributed by atoms with E-state index in [1.54, 1.807) is 18.2 Å². The number of halogens is 3. The number of hydrogen-bond acceptors (Lipinski definition) is 1. The monoisotopic (exact) mass is 266 g/mol. The summed E-state index contributed by atoms with van der Waals surface area (Å²) < 4.78 is 0.609. The molecule has 0 saturated carbocycles. The molecule has 0 aliphatic rings. The van der Waals surface area contributed by atoms with Crippen LogP contribution in [0.25, 0.3) is 0 Å². The summed E-state index contributed by atoms with van der Waals surface area (Å²) in [6.45, 7) is 0. The molecule has 0 atom stereocenters. The lowest BCUT2D eigenvalue weighted by Crippen LogP contribution is -2.01. The van der Waals surface area contributed by atoms with Crippen molar-refractivity contribution in [1.29, 1.82) is 0 Å². The van der Waals surface area contributed by atoms with Crippen LogP contribution < -0.4 is 0 Å². The van der Waals surface area contributed by atoms with Gasteiger partial charge in [-0.15, -0.1) is 11.6 Å². The Morgan fingerprint density at radius 2 is 2.17 bits per heavy atom. The number of carbonyl (C=O) groups is 1. The first-order chi connectivity index (χ1) is 5.66. The molecule has 0 aliphatic carbocycles. The minimum absolute atomic E-state index is 0.0288. The predicted octanol–water partition coefficient (Wildman–Crippen LogP) is 3.52. The third kappa shape index (κ3) is 2.00. The van der Waals surface area contributed by atoms with E-state index < -0.39 is 0 Å². The Hall–Kier alpha value is -0.0500. The van der Waals surface area contributed by atoms with E-state index in [1.807, 2.05) is 0 Å². The van der Waals surface area contributed by atoms with E-state index in [1.165, 1.54) is 0 Å². The van der Waals surface area contributed by atoms with Gasteiger partial charge in [0.15, 0.2) is 5.78 Å². The Morgan fingerprint density at radius 1 is 1.50 bits per heavy atom. The average Bonchev–Trinajstić information content (AvgIpc) is 2.08. The largest absolute Gasteiger partial charge is 0.293 e. The lowest BCUT2D eigenvalue weighted by atomic mass is 10.1. The van der Waals surface area contributed by atoms with Crippen molar-refractivity contribution in [2.45, 2.75) is 0 Å². The highest BCUT2D eigenvalue weighted by Crippen LogP contribution is 2.26. The fourth-order valence-electron chi connectivity index (χ4n) is 0.791. The molecule has 0 aliphatic heterocycles. The molecule has 1 aromatic rings. The lowest BCUT2D eigenvalue weighted by molar-refractivity contribution is 0.102. The van der Waals surface area contributed by atoms with Gasteiger partial charge in [0.2, 0.25) is 0 Å². The summed E-state index contributed by atoms with van der Waals surface area (Å²) in [6.07, 6.45) is 0. The van der Waals surface area contributed by atoms with Crippen molar-refractivity contribution in [3.63, 3.8) is 0 Å². The molecule has 0 spiro atoms. The minimum Gasteiger partial charge on any atom is -0.293 e. The highest BCUT2D eigenvalue weighted by atomic mass is 79.9. The molecular formula is C8H5BrCl2O. The molecule has 4 heteroatoms. The molecule has 0 N–H and O–H groups in total. The van der Waals surface area contributed by atoms with E-state index in [0.29, 0.717) is 15.1 Å². The topological polar surface area (TPSA) is 17.1 Å². The normalized spacial score (nSPS) is 9.92. The Kier molecular flexibility index (Phi) is 3.56. The van der Waals surface area contributed by atoms with Gasteiger partial charge in [-0.2, -0.15) is 0 Å². The summed E-state index contributed by atoms with van der Waals surface area (Å²) in [5.41, 5.74) is 0.525. The third-order valence-electron chi connectivity index (χ3n) is 1.37. The van der Waals surface area contributed by atoms with Crippen LogP contribution in [-0.4, -0.2) is 11.7 Å². The molecule has 0 heterocycles. The van der Waals surface area contributed by atoms with Crippen LogP contribution in [0.15, 0.2) is 22.7 Å². The van der Waals surface area contributed by atoms with Gasteiger partial charge in [0.05, 0.1) is 10.9 Å². The van der Waals surface area contributed by atoms with Crippen LogP contribution in [0.1, 0.15) is 10.4 Å². The molecule has 0 bridgehead atoms. The summed E-state index contributed by atoms with van der Waals surface area (Å²) in [5, 5.41) is 0.519. The maximum Gasteiger partial charge on any atom is 0.178 e. The van der Waals surface area contributed by atoms with Gasteiger partial charge < -0.3 is 0 Å². The molecule has 0 saturated heterocycles. The maximum absolute atomic E-state index is 11.2. The smallest absolute Gasteiger partial charge is 0.178 e. The number of benzene rings is 1. The van der Waals surface area contributed by atoms with Crippen molar-refractivity contribution in [2.24, 2.45) is 0 Å². The second kappa shape index (κ2) is 4.26. The molecule has 0 unspecified atom stereocenters. The van der Waals surface area contributed by atoms with Gasteiger partial charge in [-0.3, -0.25) is 4.79 Å². The summed E-state index contributed by atoms with van der Waals surface area (Å²) in [5.74, 6) is -0.162. The minimum atomic E-state index is -0.133. The maximum atomic E-state index is 11.2. The van der Waals surface area contributed by atoms with Gasteiger partial charge in [-0.25, -0.2) is 0 Å². The SMILES string of the molecule is O=C(CCl)c1cccc(Cl)c1Br. The Morgan fingerprint density at radius 3 is 2.75 bits per heavy atom. The van der Waals surface area contributed by atoms with Crippen molar-refractivity contribution in [3.8, 4) is 0 Å². The zero-order valence-electron chi connectivity index (χ0n) is 5.98. The molecule has 0 fully saturated rings. The van der Waals surface area contributed by atoms with Gasteiger partial charge in [0.25, 0.3) is 0 Å². The fourth-order valence-corrected chi connectivity index (χ4v) is 1.60. The van der Waals surface area contributed by atoms with Crippen molar-refractivity contribution in [1.82, 2.24) is 0 Å². The molecule has 64 valence electrons. The molecule has 0 amide bonds. The number of Topliss-reactive ketones (excluding diaryl/α,β-unsaturated/α-hetero) is 1.